The van der Waals surface area contributed by atoms with E-state index >= 15 is 0 Å². The molecule has 2 aromatic carbocycles. The van der Waals surface area contributed by atoms with Crippen LogP contribution in [0.5, 0.6) is 0 Å². The predicted octanol–water partition coefficient (Wildman–Crippen LogP) is 4.26. The highest BCUT2D eigenvalue weighted by molar-refractivity contribution is 6.32. The lowest BCUT2D eigenvalue weighted by Gasteiger charge is -2.33. The van der Waals surface area contributed by atoms with Crippen LogP contribution in [-0.2, 0) is 11.3 Å². The Morgan fingerprint density at radius 3 is 2.71 bits per heavy atom. The highest BCUT2D eigenvalue weighted by Crippen LogP contribution is 2.34. The fourth-order valence-electron chi connectivity index (χ4n) is 4.66. The minimum absolute atomic E-state index is 0.0578. The summed E-state index contributed by atoms with van der Waals surface area (Å²) in [6.45, 7) is 1.31. The van der Waals surface area contributed by atoms with Crippen molar-refractivity contribution in [2.75, 3.05) is 18.0 Å². The van der Waals surface area contributed by atoms with Crippen molar-refractivity contribution in [3.63, 3.8) is 0 Å². The summed E-state index contributed by atoms with van der Waals surface area (Å²) in [5.41, 5.74) is 0.444. The summed E-state index contributed by atoms with van der Waals surface area (Å²) >= 11 is 6.28. The fraction of sp³-hybridized carbons (Fsp3) is 0.417. The number of hydrogen-bond donors (Lipinski definition) is 1. The van der Waals surface area contributed by atoms with Gasteiger partial charge >= 0.3 is 0 Å². The van der Waals surface area contributed by atoms with Crippen LogP contribution in [-0.4, -0.2) is 40.6 Å². The maximum Gasteiger partial charge on any atom is 0.254 e. The molecule has 0 spiro atoms. The molecule has 0 aromatic heterocycles. The van der Waals surface area contributed by atoms with Gasteiger partial charge in [0.25, 0.3) is 5.91 Å². The molecular weight excluding hydrogens is 417 g/mol. The quantitative estimate of drug-likeness (QED) is 0.752. The first-order valence-electron chi connectivity index (χ1n) is 10.6. The first-order valence-corrected chi connectivity index (χ1v) is 11.0. The van der Waals surface area contributed by atoms with Gasteiger partial charge in [-0.15, -0.1) is 0 Å². The first kappa shape index (κ1) is 21.6. The molecule has 7 heteroatoms. The van der Waals surface area contributed by atoms with Crippen LogP contribution in [0, 0.1) is 17.1 Å². The van der Waals surface area contributed by atoms with E-state index in [9.17, 15) is 19.6 Å². The number of nitriles is 1. The van der Waals surface area contributed by atoms with E-state index in [4.69, 9.17) is 11.6 Å². The number of aliphatic hydroxyl groups is 1. The Morgan fingerprint density at radius 2 is 2.03 bits per heavy atom. The average Bonchev–Trinajstić information content (AvgIpc) is 3.43. The minimum atomic E-state index is -1.25. The molecule has 1 N–H and O–H groups in total. The molecule has 1 aliphatic heterocycles. The monoisotopic (exact) mass is 441 g/mol. The van der Waals surface area contributed by atoms with E-state index in [1.54, 1.807) is 41.3 Å². The van der Waals surface area contributed by atoms with Gasteiger partial charge in [-0.3, -0.25) is 4.79 Å². The van der Waals surface area contributed by atoms with Gasteiger partial charge in [0.15, 0.2) is 0 Å². The summed E-state index contributed by atoms with van der Waals surface area (Å²) in [6.07, 6.45) is 3.45. The van der Waals surface area contributed by atoms with Gasteiger partial charge in [0.05, 0.1) is 10.6 Å². The molecular formula is C24H25ClFN3O2. The Kier molecular flexibility index (Phi) is 6.17. The summed E-state index contributed by atoms with van der Waals surface area (Å²) in [5, 5.41) is 20.3. The molecule has 2 aromatic rings. The largest absolute Gasteiger partial charge is 0.380 e. The van der Waals surface area contributed by atoms with Crippen LogP contribution in [0.15, 0.2) is 42.5 Å². The number of rotatable bonds is 5. The van der Waals surface area contributed by atoms with Gasteiger partial charge < -0.3 is 14.9 Å². The summed E-state index contributed by atoms with van der Waals surface area (Å²) in [5.74, 6) is -0.491. The summed E-state index contributed by atoms with van der Waals surface area (Å²) in [4.78, 5) is 16.7. The summed E-state index contributed by atoms with van der Waals surface area (Å²) in [7, 11) is 0. The number of carbonyl (C=O) groups excluding carboxylic acids is 1. The maximum atomic E-state index is 14.4. The van der Waals surface area contributed by atoms with Gasteiger partial charge in [0.1, 0.15) is 17.5 Å². The second-order valence-electron chi connectivity index (χ2n) is 8.43. The number of benzene rings is 2. The highest BCUT2D eigenvalue weighted by atomic mass is 35.5. The van der Waals surface area contributed by atoms with Gasteiger partial charge in [0, 0.05) is 36.9 Å². The van der Waals surface area contributed by atoms with Crippen LogP contribution < -0.4 is 4.90 Å². The zero-order valence-corrected chi connectivity index (χ0v) is 18.0. The van der Waals surface area contributed by atoms with Crippen molar-refractivity contribution in [2.24, 2.45) is 0 Å². The molecule has 0 unspecified atom stereocenters. The molecule has 1 saturated carbocycles. The molecule has 162 valence electrons. The molecule has 0 bridgehead atoms. The van der Waals surface area contributed by atoms with Crippen molar-refractivity contribution in [2.45, 2.75) is 50.3 Å². The standard InChI is InChI=1S/C24H25ClFN3O2/c25-21-13-19(8-7-17(21)14-27)29(15-18-5-1-2-6-22(18)26)20-9-12-28(16-20)23(30)24(31)10-3-4-11-24/h1-2,5-8,13,20,31H,3-4,9-12,15-16H2/t20-/m0/s1. The number of amides is 1. The van der Waals surface area contributed by atoms with Crippen LogP contribution >= 0.6 is 11.6 Å². The van der Waals surface area contributed by atoms with Crippen molar-refractivity contribution >= 4 is 23.2 Å². The molecule has 2 fully saturated rings. The van der Waals surface area contributed by atoms with Crippen LogP contribution in [0.1, 0.15) is 43.2 Å². The lowest BCUT2D eigenvalue weighted by Crippen LogP contribution is -2.47. The normalized spacial score (nSPS) is 19.9. The lowest BCUT2D eigenvalue weighted by molar-refractivity contribution is -0.149. The van der Waals surface area contributed by atoms with Crippen LogP contribution in [0.3, 0.4) is 0 Å². The average molecular weight is 442 g/mol. The van der Waals surface area contributed by atoms with E-state index in [2.05, 4.69) is 6.07 Å². The Labute approximate surface area is 186 Å². The van der Waals surface area contributed by atoms with Crippen molar-refractivity contribution in [1.82, 2.24) is 4.90 Å². The fourth-order valence-corrected chi connectivity index (χ4v) is 4.88. The number of hydrogen-bond acceptors (Lipinski definition) is 4. The minimum Gasteiger partial charge on any atom is -0.380 e. The van der Waals surface area contributed by atoms with E-state index in [1.807, 2.05) is 4.90 Å². The molecule has 1 amide bonds. The third-order valence-corrected chi connectivity index (χ3v) is 6.74. The van der Waals surface area contributed by atoms with Gasteiger partial charge in [-0.05, 0) is 56.4 Å². The second kappa shape index (κ2) is 8.86. The second-order valence-corrected chi connectivity index (χ2v) is 8.83. The molecule has 1 saturated heterocycles. The molecule has 1 heterocycles. The molecule has 1 atom stereocenters. The van der Waals surface area contributed by atoms with Crippen LogP contribution in [0.2, 0.25) is 5.02 Å². The van der Waals surface area contributed by atoms with Crippen molar-refractivity contribution in [1.29, 1.82) is 5.26 Å². The van der Waals surface area contributed by atoms with Gasteiger partial charge in [-0.2, -0.15) is 5.26 Å². The molecule has 1 aliphatic carbocycles. The van der Waals surface area contributed by atoms with E-state index < -0.39 is 5.60 Å². The third kappa shape index (κ3) is 4.39. The molecule has 0 radical (unpaired) electrons. The van der Waals surface area contributed by atoms with Crippen molar-refractivity contribution in [3.8, 4) is 6.07 Å². The summed E-state index contributed by atoms with van der Waals surface area (Å²) < 4.78 is 14.4. The van der Waals surface area contributed by atoms with Crippen molar-refractivity contribution in [3.05, 3.63) is 64.4 Å². The van der Waals surface area contributed by atoms with E-state index in [0.717, 1.165) is 18.5 Å². The Morgan fingerprint density at radius 1 is 1.29 bits per heavy atom. The number of likely N-dealkylation sites (tertiary alicyclic amines) is 1. The Balaban J connectivity index is 1.60. The molecule has 31 heavy (non-hydrogen) atoms. The van der Waals surface area contributed by atoms with E-state index in [1.165, 1.54) is 6.07 Å². The number of carbonyl (C=O) groups is 1. The predicted molar refractivity (Wildman–Crippen MR) is 117 cm³/mol. The number of halogens is 2. The van der Waals surface area contributed by atoms with Crippen molar-refractivity contribution < 1.29 is 14.3 Å². The van der Waals surface area contributed by atoms with E-state index in [-0.39, 0.29) is 17.8 Å². The van der Waals surface area contributed by atoms with E-state index in [0.29, 0.717) is 55.0 Å². The van der Waals surface area contributed by atoms with Gasteiger partial charge in [-0.25, -0.2) is 4.39 Å². The summed E-state index contributed by atoms with van der Waals surface area (Å²) in [6, 6.07) is 13.8. The topological polar surface area (TPSA) is 67.6 Å². The highest BCUT2D eigenvalue weighted by Gasteiger charge is 2.44. The zero-order valence-electron chi connectivity index (χ0n) is 17.2. The maximum absolute atomic E-state index is 14.4. The molecule has 2 aliphatic rings. The SMILES string of the molecule is N#Cc1ccc(N(Cc2ccccc2F)[C@H]2CCN(C(=O)C3(O)CCCC3)C2)cc1Cl. The molecule has 5 nitrogen and oxygen atoms in total. The Bertz CT molecular complexity index is 1020. The number of nitrogens with zero attached hydrogens (tertiary/aromatic N) is 3. The van der Waals surface area contributed by atoms with Crippen LogP contribution in [0.25, 0.3) is 0 Å². The number of anilines is 1. The van der Waals surface area contributed by atoms with Gasteiger partial charge in [-0.1, -0.05) is 29.8 Å². The zero-order chi connectivity index (χ0) is 22.0. The lowest BCUT2D eigenvalue weighted by atomic mass is 10.0. The first-order chi connectivity index (χ1) is 14.9. The molecule has 4 rings (SSSR count). The smallest absolute Gasteiger partial charge is 0.254 e. The Hall–Kier alpha value is -2.62. The van der Waals surface area contributed by atoms with Gasteiger partial charge in [0.2, 0.25) is 0 Å². The third-order valence-electron chi connectivity index (χ3n) is 6.42. The van der Waals surface area contributed by atoms with Crippen LogP contribution in [0.4, 0.5) is 10.1 Å².